The lowest BCUT2D eigenvalue weighted by Crippen LogP contribution is -2.39. The van der Waals surface area contributed by atoms with E-state index in [2.05, 4.69) is 36.3 Å². The van der Waals surface area contributed by atoms with Gasteiger partial charge in [0, 0.05) is 24.0 Å². The normalized spacial score (nSPS) is 14.4. The van der Waals surface area contributed by atoms with Crippen molar-refractivity contribution in [3.8, 4) is 0 Å². The molecule has 122 valence electrons. The van der Waals surface area contributed by atoms with Gasteiger partial charge < -0.3 is 14.3 Å². The van der Waals surface area contributed by atoms with Gasteiger partial charge in [0.25, 0.3) is 0 Å². The Bertz CT molecular complexity index is 498. The van der Waals surface area contributed by atoms with E-state index in [9.17, 15) is 5.11 Å². The molecular weight excluding hydrogens is 298 g/mol. The monoisotopic (exact) mass is 323 g/mol. The lowest BCUT2D eigenvalue weighted by Gasteiger charge is -2.29. The molecule has 0 saturated heterocycles. The van der Waals surface area contributed by atoms with E-state index >= 15 is 0 Å². The second-order valence-electron chi connectivity index (χ2n) is 5.51. The summed E-state index contributed by atoms with van der Waals surface area (Å²) in [6, 6.07) is 8.34. The Balaban J connectivity index is 1.78. The Morgan fingerprint density at radius 2 is 2.23 bits per heavy atom. The number of hydrogen-bond acceptors (Lipinski definition) is 5. The second-order valence-corrected chi connectivity index (χ2v) is 6.55. The minimum Gasteiger partial charge on any atom is -0.467 e. The van der Waals surface area contributed by atoms with Crippen LogP contribution in [0.5, 0.6) is 0 Å². The molecule has 22 heavy (non-hydrogen) atoms. The number of thiophene rings is 1. The zero-order valence-electron chi connectivity index (χ0n) is 13.3. The minimum atomic E-state index is -0.496. The second kappa shape index (κ2) is 9.10. The Hall–Kier alpha value is -1.14. The number of ether oxygens (including phenoxy) is 1. The standard InChI is InChI=1S/C17H25NO3S/c1-3-14(2)18(11-17-7-5-9-22-17)10-15(19)12-20-13-16-6-4-8-21-16/h4-9,14-15,19H,3,10-13H2,1-2H3. The number of aliphatic hydroxyl groups excluding tert-OH is 1. The Kier molecular flexibility index (Phi) is 7.12. The van der Waals surface area contributed by atoms with Crippen molar-refractivity contribution >= 4 is 11.3 Å². The summed E-state index contributed by atoms with van der Waals surface area (Å²) in [5.41, 5.74) is 0. The third-order valence-electron chi connectivity index (χ3n) is 3.73. The molecule has 2 rings (SSSR count). The molecule has 0 saturated carbocycles. The highest BCUT2D eigenvalue weighted by atomic mass is 32.1. The highest BCUT2D eigenvalue weighted by molar-refractivity contribution is 7.09. The van der Waals surface area contributed by atoms with Crippen molar-refractivity contribution < 1.29 is 14.3 Å². The van der Waals surface area contributed by atoms with Gasteiger partial charge in [-0.15, -0.1) is 11.3 Å². The molecule has 0 fully saturated rings. The summed E-state index contributed by atoms with van der Waals surface area (Å²) >= 11 is 1.76. The van der Waals surface area contributed by atoms with Gasteiger partial charge in [0.2, 0.25) is 0 Å². The number of hydrogen-bond donors (Lipinski definition) is 1. The zero-order valence-corrected chi connectivity index (χ0v) is 14.1. The SMILES string of the molecule is CCC(C)N(Cc1cccs1)CC(O)COCc1ccco1. The van der Waals surface area contributed by atoms with Crippen molar-refractivity contribution in [3.05, 3.63) is 46.5 Å². The first-order valence-corrected chi connectivity index (χ1v) is 8.61. The first-order valence-electron chi connectivity index (χ1n) is 7.73. The fraction of sp³-hybridized carbons (Fsp3) is 0.529. The van der Waals surface area contributed by atoms with Crippen molar-refractivity contribution in [3.63, 3.8) is 0 Å². The lowest BCUT2D eigenvalue weighted by atomic mass is 10.2. The van der Waals surface area contributed by atoms with Crippen molar-refractivity contribution in [1.82, 2.24) is 4.90 Å². The quantitative estimate of drug-likeness (QED) is 0.727. The molecule has 2 unspecified atom stereocenters. The van der Waals surface area contributed by atoms with E-state index in [0.29, 0.717) is 25.8 Å². The molecule has 0 amide bonds. The van der Waals surface area contributed by atoms with Crippen LogP contribution in [0, 0.1) is 0 Å². The van der Waals surface area contributed by atoms with Gasteiger partial charge in [0.1, 0.15) is 12.4 Å². The summed E-state index contributed by atoms with van der Waals surface area (Å²) in [6.45, 7) is 6.58. The van der Waals surface area contributed by atoms with Crippen LogP contribution in [-0.2, 0) is 17.9 Å². The summed E-state index contributed by atoms with van der Waals surface area (Å²) in [5, 5.41) is 12.3. The molecule has 0 bridgehead atoms. The van der Waals surface area contributed by atoms with Crippen molar-refractivity contribution in [2.45, 2.75) is 45.6 Å². The minimum absolute atomic E-state index is 0.318. The maximum absolute atomic E-state index is 10.2. The van der Waals surface area contributed by atoms with Crippen LogP contribution in [0.2, 0.25) is 0 Å². The molecule has 0 radical (unpaired) electrons. The summed E-state index contributed by atoms with van der Waals surface area (Å²) in [7, 11) is 0. The van der Waals surface area contributed by atoms with Crippen LogP contribution in [0.4, 0.5) is 0 Å². The van der Waals surface area contributed by atoms with Gasteiger partial charge in [-0.1, -0.05) is 13.0 Å². The van der Waals surface area contributed by atoms with Crippen LogP contribution in [0.15, 0.2) is 40.3 Å². The van der Waals surface area contributed by atoms with Crippen LogP contribution >= 0.6 is 11.3 Å². The molecule has 2 aromatic heterocycles. The third kappa shape index (κ3) is 5.57. The summed E-state index contributed by atoms with van der Waals surface area (Å²) in [5.74, 6) is 0.782. The van der Waals surface area contributed by atoms with E-state index in [1.807, 2.05) is 12.1 Å². The van der Waals surface area contributed by atoms with Crippen LogP contribution in [-0.4, -0.2) is 35.3 Å². The molecule has 4 nitrogen and oxygen atoms in total. The lowest BCUT2D eigenvalue weighted by molar-refractivity contribution is -0.00252. The van der Waals surface area contributed by atoms with E-state index in [0.717, 1.165) is 18.7 Å². The van der Waals surface area contributed by atoms with E-state index in [1.165, 1.54) is 4.88 Å². The molecular formula is C17H25NO3S. The summed E-state index contributed by atoms with van der Waals surface area (Å²) in [6.07, 6.45) is 2.19. The number of nitrogens with zero attached hydrogens (tertiary/aromatic N) is 1. The predicted molar refractivity (Wildman–Crippen MR) is 88.9 cm³/mol. The average Bonchev–Trinajstić information content (AvgIpc) is 3.19. The first kappa shape index (κ1) is 17.2. The van der Waals surface area contributed by atoms with Crippen molar-refractivity contribution in [2.24, 2.45) is 0 Å². The topological polar surface area (TPSA) is 45.8 Å². The Morgan fingerprint density at radius 1 is 1.36 bits per heavy atom. The van der Waals surface area contributed by atoms with Gasteiger partial charge in [-0.3, -0.25) is 4.90 Å². The van der Waals surface area contributed by atoms with Crippen LogP contribution in [0.3, 0.4) is 0 Å². The molecule has 2 aromatic rings. The van der Waals surface area contributed by atoms with Crippen LogP contribution in [0.1, 0.15) is 30.9 Å². The third-order valence-corrected chi connectivity index (χ3v) is 4.59. The average molecular weight is 323 g/mol. The molecule has 0 aliphatic heterocycles. The zero-order chi connectivity index (χ0) is 15.8. The molecule has 0 aliphatic rings. The van der Waals surface area contributed by atoms with Crippen molar-refractivity contribution in [2.75, 3.05) is 13.2 Å². The Morgan fingerprint density at radius 3 is 2.86 bits per heavy atom. The maximum atomic E-state index is 10.2. The van der Waals surface area contributed by atoms with Crippen LogP contribution in [0.25, 0.3) is 0 Å². The smallest absolute Gasteiger partial charge is 0.129 e. The number of rotatable bonds is 10. The first-order chi connectivity index (χ1) is 10.7. The molecule has 1 N–H and O–H groups in total. The molecule has 5 heteroatoms. The Labute approximate surface area is 136 Å². The number of aliphatic hydroxyl groups is 1. The van der Waals surface area contributed by atoms with Gasteiger partial charge >= 0.3 is 0 Å². The largest absolute Gasteiger partial charge is 0.467 e. The summed E-state index contributed by atoms with van der Waals surface area (Å²) in [4.78, 5) is 3.64. The van der Waals surface area contributed by atoms with Gasteiger partial charge in [-0.2, -0.15) is 0 Å². The maximum Gasteiger partial charge on any atom is 0.129 e. The highest BCUT2D eigenvalue weighted by Gasteiger charge is 2.17. The van der Waals surface area contributed by atoms with Gasteiger partial charge in [-0.05, 0) is 36.9 Å². The molecule has 0 aromatic carbocycles. The van der Waals surface area contributed by atoms with E-state index < -0.39 is 6.10 Å². The molecule has 0 spiro atoms. The molecule has 2 atom stereocenters. The van der Waals surface area contributed by atoms with E-state index in [1.54, 1.807) is 17.6 Å². The van der Waals surface area contributed by atoms with Gasteiger partial charge in [0.15, 0.2) is 0 Å². The van der Waals surface area contributed by atoms with Crippen LogP contribution < -0.4 is 0 Å². The summed E-state index contributed by atoms with van der Waals surface area (Å²) < 4.78 is 10.7. The molecule has 0 aliphatic carbocycles. The van der Waals surface area contributed by atoms with Crippen molar-refractivity contribution in [1.29, 1.82) is 0 Å². The van der Waals surface area contributed by atoms with Gasteiger partial charge in [0.05, 0.1) is 19.0 Å². The number of furan rings is 1. The predicted octanol–water partition coefficient (Wildman–Crippen LogP) is 3.52. The highest BCUT2D eigenvalue weighted by Crippen LogP contribution is 2.16. The fourth-order valence-electron chi connectivity index (χ4n) is 2.27. The molecule has 2 heterocycles. The van der Waals surface area contributed by atoms with Gasteiger partial charge in [-0.25, -0.2) is 0 Å². The van der Waals surface area contributed by atoms with E-state index in [4.69, 9.17) is 9.15 Å². The fourth-order valence-corrected chi connectivity index (χ4v) is 3.00. The van der Waals surface area contributed by atoms with E-state index in [-0.39, 0.29) is 0 Å².